The van der Waals surface area contributed by atoms with Crippen LogP contribution in [0.15, 0.2) is 12.1 Å². The van der Waals surface area contributed by atoms with Gasteiger partial charge in [0, 0.05) is 0 Å². The number of rotatable bonds is 9. The molecule has 31 heavy (non-hydrogen) atoms. The Bertz CT molecular complexity index is 825. The zero-order valence-corrected chi connectivity index (χ0v) is 13.8. The van der Waals surface area contributed by atoms with Crippen molar-refractivity contribution in [1.29, 1.82) is 0 Å². The van der Waals surface area contributed by atoms with E-state index in [1.807, 2.05) is 0 Å². The monoisotopic (exact) mass is 528 g/mol. The van der Waals surface area contributed by atoms with Crippen molar-refractivity contribution in [3.8, 4) is 0 Å². The third kappa shape index (κ3) is 3.95. The Morgan fingerprint density at radius 1 is 0.581 bits per heavy atom. The number of hydrogen-bond donors (Lipinski definition) is 1. The Balaban J connectivity index is 6.80. The predicted molar refractivity (Wildman–Crippen MR) is 57.6 cm³/mol. The zero-order valence-electron chi connectivity index (χ0n) is 13.0. The van der Waals surface area contributed by atoms with Crippen molar-refractivity contribution in [3.05, 3.63) is 12.1 Å². The lowest BCUT2D eigenvalue weighted by Crippen LogP contribution is -2.73. The molecular weight excluding hydrogens is 527 g/mol. The lowest BCUT2D eigenvalue weighted by Gasteiger charge is -2.41. The SMILES string of the molecule is O=S(=O)(O)C(F)(F)C(F)(F)C(F)(F)C(F)(F)C(F)(F)C(F)(F)C(F)(F)OC(F)=C(F)F. The summed E-state index contributed by atoms with van der Waals surface area (Å²) in [5, 5.41) is -7.82. The van der Waals surface area contributed by atoms with Gasteiger partial charge in [-0.15, -0.1) is 0 Å². The normalized spacial score (nSPS) is 15.7. The molecule has 0 saturated heterocycles. The Morgan fingerprint density at radius 2 is 0.871 bits per heavy atom. The number of halogens is 17. The van der Waals surface area contributed by atoms with Crippen LogP contribution in [0.25, 0.3) is 0 Å². The van der Waals surface area contributed by atoms with Crippen LogP contribution in [0.5, 0.6) is 0 Å². The van der Waals surface area contributed by atoms with Crippen molar-refractivity contribution in [1.82, 2.24) is 0 Å². The van der Waals surface area contributed by atoms with E-state index in [1.165, 1.54) is 0 Å². The summed E-state index contributed by atoms with van der Waals surface area (Å²) in [7, 11) is -7.88. The van der Waals surface area contributed by atoms with Gasteiger partial charge >= 0.3 is 63.2 Å². The third-order valence-corrected chi connectivity index (χ3v) is 3.90. The topological polar surface area (TPSA) is 63.6 Å². The molecule has 0 aliphatic heterocycles. The molecule has 0 heterocycles. The molecule has 0 aliphatic carbocycles. The molecule has 0 radical (unpaired) electrons. The van der Waals surface area contributed by atoms with E-state index >= 15 is 0 Å². The highest BCUT2D eigenvalue weighted by Crippen LogP contribution is 2.63. The Kier molecular flexibility index (Phi) is 6.99. The van der Waals surface area contributed by atoms with Gasteiger partial charge in [-0.25, -0.2) is 0 Å². The molecule has 0 aromatic carbocycles. The molecule has 0 aromatic heterocycles. The van der Waals surface area contributed by atoms with Gasteiger partial charge in [-0.3, -0.25) is 4.55 Å². The van der Waals surface area contributed by atoms with Crippen molar-refractivity contribution in [2.24, 2.45) is 0 Å². The molecule has 0 aliphatic rings. The van der Waals surface area contributed by atoms with Gasteiger partial charge < -0.3 is 4.74 Å². The van der Waals surface area contributed by atoms with E-state index in [1.54, 1.807) is 4.74 Å². The summed E-state index contributed by atoms with van der Waals surface area (Å²) in [6.07, 6.45) is -11.8. The second kappa shape index (κ2) is 7.40. The number of alkyl halides is 14. The first-order chi connectivity index (χ1) is 13.1. The summed E-state index contributed by atoms with van der Waals surface area (Å²) in [5.41, 5.74) is 0. The summed E-state index contributed by atoms with van der Waals surface area (Å²) >= 11 is 0. The molecule has 1 N–H and O–H groups in total. The van der Waals surface area contributed by atoms with Crippen LogP contribution in [0.2, 0.25) is 0 Å². The molecule has 0 bridgehead atoms. The predicted octanol–water partition coefficient (Wildman–Crippen LogP) is 5.29. The average Bonchev–Trinajstić information content (AvgIpc) is 2.51. The lowest BCUT2D eigenvalue weighted by molar-refractivity contribution is -0.461. The van der Waals surface area contributed by atoms with Gasteiger partial charge in [-0.1, -0.05) is 0 Å². The Labute approximate surface area is 157 Å². The van der Waals surface area contributed by atoms with Crippen LogP contribution in [-0.2, 0) is 14.9 Å². The minimum absolute atomic E-state index is 1.62. The fourth-order valence-corrected chi connectivity index (χ4v) is 1.79. The van der Waals surface area contributed by atoms with Gasteiger partial charge in [0.1, 0.15) is 0 Å². The van der Waals surface area contributed by atoms with E-state index < -0.39 is 63.2 Å². The van der Waals surface area contributed by atoms with Gasteiger partial charge in [0.15, 0.2) is 0 Å². The quantitative estimate of drug-likeness (QED) is 0.251. The van der Waals surface area contributed by atoms with Crippen LogP contribution in [0.1, 0.15) is 0 Å². The highest BCUT2D eigenvalue weighted by Gasteiger charge is 2.95. The molecule has 186 valence electrons. The molecule has 0 aromatic rings. The smallest absolute Gasteiger partial charge is 0.397 e. The van der Waals surface area contributed by atoms with Gasteiger partial charge in [0.05, 0.1) is 0 Å². The molecule has 0 fully saturated rings. The van der Waals surface area contributed by atoms with Crippen molar-refractivity contribution in [2.45, 2.75) is 41.0 Å². The summed E-state index contributed by atoms with van der Waals surface area (Å²) in [6, 6.07) is -4.17. The van der Waals surface area contributed by atoms with Crippen molar-refractivity contribution in [2.75, 3.05) is 0 Å². The van der Waals surface area contributed by atoms with Crippen LogP contribution < -0.4 is 0 Å². The van der Waals surface area contributed by atoms with Gasteiger partial charge in [-0.2, -0.15) is 83.1 Å². The van der Waals surface area contributed by atoms with Crippen LogP contribution in [0, 0.1) is 0 Å². The van der Waals surface area contributed by atoms with E-state index in [4.69, 9.17) is 4.55 Å². The van der Waals surface area contributed by atoms with Crippen LogP contribution in [0.4, 0.5) is 74.6 Å². The third-order valence-electron chi connectivity index (χ3n) is 3.00. The maximum Gasteiger partial charge on any atom is 0.472 e. The standard InChI is InChI=1S/C9HF17O4S/c10-1(11)2(12)30-8(23,24)6(19,20)4(15,16)3(13,14)5(17,18)7(21,22)9(25,26)31(27,28)29/h(H,27,28,29). The van der Waals surface area contributed by atoms with Crippen molar-refractivity contribution >= 4 is 10.1 Å². The first-order valence-corrected chi connectivity index (χ1v) is 7.53. The largest absolute Gasteiger partial charge is 0.472 e. The van der Waals surface area contributed by atoms with E-state index in [9.17, 15) is 83.1 Å². The highest BCUT2D eigenvalue weighted by atomic mass is 32.2. The highest BCUT2D eigenvalue weighted by molar-refractivity contribution is 7.87. The van der Waals surface area contributed by atoms with Gasteiger partial charge in [0.2, 0.25) is 0 Å². The first kappa shape index (κ1) is 29.3. The van der Waals surface area contributed by atoms with E-state index in [-0.39, 0.29) is 0 Å². The summed E-state index contributed by atoms with van der Waals surface area (Å²) in [5.74, 6) is -42.9. The summed E-state index contributed by atoms with van der Waals surface area (Å²) in [6.45, 7) is 0. The Hall–Kier alpha value is -1.74. The van der Waals surface area contributed by atoms with Gasteiger partial charge in [0.25, 0.3) is 0 Å². The summed E-state index contributed by atoms with van der Waals surface area (Å²) < 4.78 is 247. The maximum absolute atomic E-state index is 13.2. The maximum atomic E-state index is 13.2. The molecule has 0 rings (SSSR count). The van der Waals surface area contributed by atoms with Crippen molar-refractivity contribution in [3.63, 3.8) is 0 Å². The lowest BCUT2D eigenvalue weighted by atomic mass is 9.93. The fraction of sp³-hybridized carbons (Fsp3) is 0.778. The molecule has 0 unspecified atom stereocenters. The molecule has 0 spiro atoms. The molecule has 0 atom stereocenters. The number of hydrogen-bond acceptors (Lipinski definition) is 3. The minimum atomic E-state index is -8.79. The van der Waals surface area contributed by atoms with E-state index in [0.29, 0.717) is 0 Å². The fourth-order valence-electron chi connectivity index (χ4n) is 1.33. The van der Waals surface area contributed by atoms with Crippen LogP contribution >= 0.6 is 0 Å². The average molecular weight is 528 g/mol. The van der Waals surface area contributed by atoms with Crippen LogP contribution in [-0.4, -0.2) is 53.9 Å². The number of ether oxygens (including phenoxy) is 1. The Morgan fingerprint density at radius 3 is 1.16 bits per heavy atom. The first-order valence-electron chi connectivity index (χ1n) is 6.09. The van der Waals surface area contributed by atoms with E-state index in [2.05, 4.69) is 0 Å². The van der Waals surface area contributed by atoms with E-state index in [0.717, 1.165) is 0 Å². The van der Waals surface area contributed by atoms with Crippen LogP contribution in [0.3, 0.4) is 0 Å². The molecule has 0 amide bonds. The molecule has 22 heteroatoms. The van der Waals surface area contributed by atoms with Crippen molar-refractivity contribution < 1.29 is 92.3 Å². The zero-order chi connectivity index (χ0) is 25.9. The second-order valence-electron chi connectivity index (χ2n) is 5.02. The molecule has 4 nitrogen and oxygen atoms in total. The van der Waals surface area contributed by atoms with Gasteiger partial charge in [-0.05, 0) is 0 Å². The molecule has 0 saturated carbocycles. The molecular formula is C9HF17O4S. The second-order valence-corrected chi connectivity index (χ2v) is 6.48. The minimum Gasteiger partial charge on any atom is -0.397 e. The summed E-state index contributed by atoms with van der Waals surface area (Å²) in [4.78, 5) is 0.